The van der Waals surface area contributed by atoms with E-state index in [1.807, 2.05) is 33.8 Å². The fourth-order valence-electron chi connectivity index (χ4n) is 4.52. The Morgan fingerprint density at radius 1 is 1.22 bits per heavy atom. The van der Waals surface area contributed by atoms with Crippen LogP contribution in [0.4, 0.5) is 0 Å². The Bertz CT molecular complexity index is 997. The van der Waals surface area contributed by atoms with Crippen LogP contribution in [0.5, 0.6) is 11.5 Å². The molecule has 2 aliphatic rings. The Labute approximate surface area is 211 Å². The monoisotopic (exact) mass is 506 g/mol. The van der Waals surface area contributed by atoms with Crippen molar-refractivity contribution in [3.63, 3.8) is 0 Å². The molecule has 0 aromatic heterocycles. The van der Waals surface area contributed by atoms with E-state index in [1.165, 1.54) is 5.57 Å². The first-order valence-electron chi connectivity index (χ1n) is 12.4. The average Bonchev–Trinajstić information content (AvgIpc) is 2.80. The predicted octanol–water partition coefficient (Wildman–Crippen LogP) is 3.02. The minimum atomic E-state index is -1.77. The quantitative estimate of drug-likeness (QED) is 0.302. The van der Waals surface area contributed by atoms with E-state index in [4.69, 9.17) is 14.2 Å². The van der Waals surface area contributed by atoms with Crippen LogP contribution in [0.15, 0.2) is 23.8 Å². The van der Waals surface area contributed by atoms with Crippen molar-refractivity contribution in [3.8, 4) is 11.5 Å². The summed E-state index contributed by atoms with van der Waals surface area (Å²) in [5.74, 6) is -1.90. The van der Waals surface area contributed by atoms with Crippen LogP contribution in [-0.2, 0) is 11.2 Å². The Kier molecular flexibility index (Phi) is 9.18. The highest BCUT2D eigenvalue weighted by atomic mass is 16.7. The second-order valence-electron chi connectivity index (χ2n) is 9.97. The molecular weight excluding hydrogens is 468 g/mol. The molecule has 0 amide bonds. The summed E-state index contributed by atoms with van der Waals surface area (Å²) >= 11 is 0. The van der Waals surface area contributed by atoms with E-state index < -0.39 is 48.9 Å². The fourth-order valence-corrected chi connectivity index (χ4v) is 4.52. The zero-order valence-electron chi connectivity index (χ0n) is 21.3. The van der Waals surface area contributed by atoms with Gasteiger partial charge in [-0.05, 0) is 70.2 Å². The first kappa shape index (κ1) is 28.1. The summed E-state index contributed by atoms with van der Waals surface area (Å²) in [6.45, 7) is 7.41. The van der Waals surface area contributed by atoms with Crippen molar-refractivity contribution in [2.75, 3.05) is 6.61 Å². The number of hydrogen-bond donors (Lipinski definition) is 5. The lowest BCUT2D eigenvalue weighted by molar-refractivity contribution is -0.312. The number of benzene rings is 1. The fraction of sp³-hybridized carbons (Fsp3) is 0.593. The van der Waals surface area contributed by atoms with E-state index in [0.29, 0.717) is 29.7 Å². The minimum absolute atomic E-state index is 0.0343. The molecule has 0 bridgehead atoms. The SMILES string of the molecule is CCCCc1cc2c(c(OC3O[C@H](O)[C@@H](O)[C@H](O)[C@H]3CO)c1C(=O)O)C=CC(C)(CCC=C(C)C)O2. The summed E-state index contributed by atoms with van der Waals surface area (Å²) in [5.41, 5.74) is 1.44. The molecule has 0 saturated carbocycles. The Hall–Kier alpha value is -2.43. The Morgan fingerprint density at radius 3 is 2.56 bits per heavy atom. The van der Waals surface area contributed by atoms with Crippen molar-refractivity contribution < 1.29 is 44.5 Å². The molecule has 5 N–H and O–H groups in total. The molecular formula is C27H38O9. The van der Waals surface area contributed by atoms with Crippen molar-refractivity contribution in [2.24, 2.45) is 5.92 Å². The number of aliphatic hydroxyl groups is 4. The van der Waals surface area contributed by atoms with Crippen molar-refractivity contribution in [1.82, 2.24) is 0 Å². The molecule has 0 aliphatic carbocycles. The van der Waals surface area contributed by atoms with Crippen molar-refractivity contribution in [2.45, 2.75) is 90.2 Å². The van der Waals surface area contributed by atoms with Gasteiger partial charge in [-0.15, -0.1) is 0 Å². The maximum Gasteiger partial charge on any atom is 0.339 e. The van der Waals surface area contributed by atoms with Crippen LogP contribution >= 0.6 is 0 Å². The molecule has 1 fully saturated rings. The standard InChI is InChI=1S/C27H38O9/c1-5-6-9-16-13-19-17(10-12-27(4,36-19)11-7-8-15(2)3)23(20(16)24(31)32)34-26-18(14-28)21(29)22(30)25(33)35-26/h8,10,12-13,18,21-22,25-26,28-30,33H,5-7,9,11,14H2,1-4H3,(H,31,32)/t18-,21-,22+,25+,26?,27?/m1/s1. The highest BCUT2D eigenvalue weighted by molar-refractivity contribution is 5.95. The number of carboxylic acid groups (broad SMARTS) is 1. The highest BCUT2D eigenvalue weighted by Crippen LogP contribution is 2.44. The molecule has 2 heterocycles. The lowest BCUT2D eigenvalue weighted by Gasteiger charge is -2.40. The topological polar surface area (TPSA) is 146 Å². The normalized spacial score (nSPS) is 29.3. The van der Waals surface area contributed by atoms with Crippen LogP contribution in [0.25, 0.3) is 6.08 Å². The van der Waals surface area contributed by atoms with E-state index in [1.54, 1.807) is 12.1 Å². The van der Waals surface area contributed by atoms with Gasteiger partial charge in [0.15, 0.2) is 6.29 Å². The summed E-state index contributed by atoms with van der Waals surface area (Å²) in [6, 6.07) is 1.74. The number of aromatic carboxylic acids is 1. The molecule has 2 unspecified atom stereocenters. The van der Waals surface area contributed by atoms with Gasteiger partial charge >= 0.3 is 5.97 Å². The second kappa shape index (κ2) is 11.7. The van der Waals surface area contributed by atoms with Gasteiger partial charge in [-0.2, -0.15) is 0 Å². The van der Waals surface area contributed by atoms with Gasteiger partial charge < -0.3 is 39.7 Å². The van der Waals surface area contributed by atoms with Crippen LogP contribution in [0.3, 0.4) is 0 Å². The van der Waals surface area contributed by atoms with Gasteiger partial charge in [0.2, 0.25) is 6.29 Å². The number of carbonyl (C=O) groups is 1. The smallest absolute Gasteiger partial charge is 0.339 e. The summed E-state index contributed by atoms with van der Waals surface area (Å²) in [4.78, 5) is 12.4. The molecule has 36 heavy (non-hydrogen) atoms. The predicted molar refractivity (Wildman–Crippen MR) is 133 cm³/mol. The maximum absolute atomic E-state index is 12.4. The molecule has 1 aromatic rings. The van der Waals surface area contributed by atoms with E-state index in [2.05, 4.69) is 6.08 Å². The highest BCUT2D eigenvalue weighted by Gasteiger charge is 2.46. The third-order valence-corrected chi connectivity index (χ3v) is 6.66. The molecule has 1 aromatic carbocycles. The third kappa shape index (κ3) is 6.10. The molecule has 0 radical (unpaired) electrons. The van der Waals surface area contributed by atoms with E-state index >= 15 is 0 Å². The van der Waals surface area contributed by atoms with Crippen molar-refractivity contribution in [3.05, 3.63) is 40.5 Å². The van der Waals surface area contributed by atoms with Gasteiger partial charge in [-0.3, -0.25) is 0 Å². The largest absolute Gasteiger partial charge is 0.483 e. The Balaban J connectivity index is 2.07. The molecule has 9 nitrogen and oxygen atoms in total. The van der Waals surface area contributed by atoms with Gasteiger partial charge in [0.1, 0.15) is 28.8 Å². The van der Waals surface area contributed by atoms with Gasteiger partial charge in [0.25, 0.3) is 0 Å². The Morgan fingerprint density at radius 2 is 1.94 bits per heavy atom. The number of allylic oxidation sites excluding steroid dienone is 2. The number of fused-ring (bicyclic) bond motifs is 1. The van der Waals surface area contributed by atoms with Crippen LogP contribution in [0.2, 0.25) is 0 Å². The maximum atomic E-state index is 12.4. The first-order chi connectivity index (χ1) is 17.0. The van der Waals surface area contributed by atoms with Gasteiger partial charge in [0.05, 0.1) is 24.2 Å². The molecule has 200 valence electrons. The molecule has 6 atom stereocenters. The minimum Gasteiger partial charge on any atom is -0.483 e. The molecule has 9 heteroatoms. The number of ether oxygens (including phenoxy) is 3. The lowest BCUT2D eigenvalue weighted by atomic mass is 9.90. The van der Waals surface area contributed by atoms with Gasteiger partial charge in [-0.1, -0.05) is 25.0 Å². The number of unbranched alkanes of at least 4 members (excludes halogenated alkanes) is 1. The summed E-state index contributed by atoms with van der Waals surface area (Å²) < 4.78 is 17.7. The molecule has 1 saturated heterocycles. The number of aliphatic hydroxyl groups excluding tert-OH is 4. The van der Waals surface area contributed by atoms with Crippen molar-refractivity contribution >= 4 is 12.0 Å². The number of rotatable bonds is 10. The number of carboxylic acids is 1. The number of aryl methyl sites for hydroxylation is 1. The zero-order chi connectivity index (χ0) is 26.6. The van der Waals surface area contributed by atoms with Crippen LogP contribution in [0, 0.1) is 5.92 Å². The van der Waals surface area contributed by atoms with E-state index in [9.17, 15) is 30.3 Å². The second-order valence-corrected chi connectivity index (χ2v) is 9.97. The van der Waals surface area contributed by atoms with E-state index in [-0.39, 0.29) is 11.3 Å². The summed E-state index contributed by atoms with van der Waals surface area (Å²) in [6.07, 6.45) is 2.97. The summed E-state index contributed by atoms with van der Waals surface area (Å²) in [5, 5.41) is 50.3. The molecule has 0 spiro atoms. The molecule has 2 aliphatic heterocycles. The van der Waals surface area contributed by atoms with E-state index in [0.717, 1.165) is 19.3 Å². The van der Waals surface area contributed by atoms with Crippen molar-refractivity contribution in [1.29, 1.82) is 0 Å². The zero-order valence-corrected chi connectivity index (χ0v) is 21.3. The summed E-state index contributed by atoms with van der Waals surface area (Å²) in [7, 11) is 0. The van der Waals surface area contributed by atoms with Crippen LogP contribution in [0.1, 0.15) is 74.9 Å². The third-order valence-electron chi connectivity index (χ3n) is 6.66. The van der Waals surface area contributed by atoms with Gasteiger partial charge in [-0.25, -0.2) is 4.79 Å². The van der Waals surface area contributed by atoms with Crippen LogP contribution in [-0.4, -0.2) is 68.5 Å². The molecule has 3 rings (SSSR count). The van der Waals surface area contributed by atoms with Crippen LogP contribution < -0.4 is 9.47 Å². The average molecular weight is 507 g/mol. The van der Waals surface area contributed by atoms with Gasteiger partial charge in [0, 0.05) is 0 Å². The lowest BCUT2D eigenvalue weighted by Crippen LogP contribution is -2.57. The first-order valence-corrected chi connectivity index (χ1v) is 12.4. The number of hydrogen-bond acceptors (Lipinski definition) is 8.